The number of amides is 1. The van der Waals surface area contributed by atoms with Crippen LogP contribution in [-0.2, 0) is 11.3 Å². The van der Waals surface area contributed by atoms with Crippen LogP contribution in [0.5, 0.6) is 0 Å². The Morgan fingerprint density at radius 1 is 1.38 bits per heavy atom. The molecule has 0 bridgehead atoms. The number of nitrogens with zero attached hydrogens (tertiary/aromatic N) is 2. The third-order valence-corrected chi connectivity index (χ3v) is 3.73. The molecule has 0 saturated carbocycles. The van der Waals surface area contributed by atoms with E-state index in [1.807, 2.05) is 32.3 Å². The Kier molecular flexibility index (Phi) is 6.17. The third kappa shape index (κ3) is 4.81. The number of rotatable bonds is 6. The number of hydrogen-bond donors (Lipinski definition) is 1. The lowest BCUT2D eigenvalue weighted by atomic mass is 10.1. The van der Waals surface area contributed by atoms with Crippen LogP contribution in [0, 0.1) is 0 Å². The van der Waals surface area contributed by atoms with Crippen molar-refractivity contribution >= 4 is 5.91 Å². The summed E-state index contributed by atoms with van der Waals surface area (Å²) < 4.78 is 5.36. The van der Waals surface area contributed by atoms with Crippen molar-refractivity contribution in [2.24, 2.45) is 0 Å². The predicted molar refractivity (Wildman–Crippen MR) is 83.4 cm³/mol. The highest BCUT2D eigenvalue weighted by Gasteiger charge is 2.14. The fourth-order valence-electron chi connectivity index (χ4n) is 2.42. The summed E-state index contributed by atoms with van der Waals surface area (Å²) in [5.41, 5.74) is 1.95. The molecule has 1 saturated heterocycles. The van der Waals surface area contributed by atoms with Crippen LogP contribution in [0.1, 0.15) is 15.9 Å². The highest BCUT2D eigenvalue weighted by atomic mass is 16.5. The van der Waals surface area contributed by atoms with E-state index in [1.54, 1.807) is 4.90 Å². The number of hydrogen-bond acceptors (Lipinski definition) is 4. The molecule has 0 atom stereocenters. The molecule has 1 aromatic carbocycles. The maximum absolute atomic E-state index is 12.4. The molecule has 0 spiro atoms. The van der Waals surface area contributed by atoms with E-state index in [0.29, 0.717) is 6.54 Å². The molecular weight excluding hydrogens is 266 g/mol. The number of carbonyl (C=O) groups excluding carboxylic acids is 1. The van der Waals surface area contributed by atoms with E-state index in [1.165, 1.54) is 5.56 Å². The lowest BCUT2D eigenvalue weighted by Crippen LogP contribution is -2.35. The van der Waals surface area contributed by atoms with E-state index < -0.39 is 0 Å². The predicted octanol–water partition coefficient (Wildman–Crippen LogP) is 0.810. The van der Waals surface area contributed by atoms with E-state index >= 15 is 0 Å². The summed E-state index contributed by atoms with van der Waals surface area (Å²) in [7, 11) is 3.73. The first-order valence-electron chi connectivity index (χ1n) is 7.50. The molecule has 0 aromatic heterocycles. The van der Waals surface area contributed by atoms with Gasteiger partial charge in [0.15, 0.2) is 0 Å². The summed E-state index contributed by atoms with van der Waals surface area (Å²) in [4.78, 5) is 16.5. The molecule has 2 rings (SSSR count). The monoisotopic (exact) mass is 291 g/mol. The molecular formula is C16H25N3O2. The minimum absolute atomic E-state index is 0.0778. The van der Waals surface area contributed by atoms with Gasteiger partial charge in [-0.05, 0) is 24.7 Å². The second-order valence-corrected chi connectivity index (χ2v) is 5.42. The van der Waals surface area contributed by atoms with Crippen molar-refractivity contribution in [3.05, 3.63) is 35.4 Å². The van der Waals surface area contributed by atoms with Gasteiger partial charge in [0.2, 0.25) is 0 Å². The van der Waals surface area contributed by atoms with Crippen LogP contribution in [0.15, 0.2) is 24.3 Å². The summed E-state index contributed by atoms with van der Waals surface area (Å²) in [6, 6.07) is 7.95. The van der Waals surface area contributed by atoms with Crippen molar-refractivity contribution in [2.45, 2.75) is 6.54 Å². The average molecular weight is 291 g/mol. The van der Waals surface area contributed by atoms with Gasteiger partial charge >= 0.3 is 0 Å². The maximum atomic E-state index is 12.4. The second-order valence-electron chi connectivity index (χ2n) is 5.42. The molecule has 5 heteroatoms. The fraction of sp³-hybridized carbons (Fsp3) is 0.562. The van der Waals surface area contributed by atoms with Gasteiger partial charge in [-0.1, -0.05) is 12.1 Å². The van der Waals surface area contributed by atoms with Gasteiger partial charge in [0.25, 0.3) is 5.91 Å². The van der Waals surface area contributed by atoms with Gasteiger partial charge < -0.3 is 15.0 Å². The molecule has 0 aliphatic carbocycles. The molecule has 21 heavy (non-hydrogen) atoms. The minimum Gasteiger partial charge on any atom is -0.379 e. The summed E-state index contributed by atoms with van der Waals surface area (Å²) >= 11 is 0. The van der Waals surface area contributed by atoms with Crippen LogP contribution in [0.25, 0.3) is 0 Å². The lowest BCUT2D eigenvalue weighted by molar-refractivity contribution is 0.0341. The van der Waals surface area contributed by atoms with Crippen molar-refractivity contribution in [2.75, 3.05) is 53.5 Å². The zero-order chi connectivity index (χ0) is 15.1. The Morgan fingerprint density at radius 3 is 2.86 bits per heavy atom. The normalized spacial score (nSPS) is 15.9. The van der Waals surface area contributed by atoms with Crippen LogP contribution < -0.4 is 5.32 Å². The molecule has 116 valence electrons. The van der Waals surface area contributed by atoms with Gasteiger partial charge in [0.1, 0.15) is 0 Å². The Bertz CT molecular complexity index is 459. The molecule has 1 amide bonds. The lowest BCUT2D eigenvalue weighted by Gasteiger charge is -2.26. The van der Waals surface area contributed by atoms with Crippen LogP contribution in [-0.4, -0.2) is 69.2 Å². The molecule has 0 unspecified atom stereocenters. The maximum Gasteiger partial charge on any atom is 0.253 e. The van der Waals surface area contributed by atoms with Gasteiger partial charge in [-0.2, -0.15) is 0 Å². The minimum atomic E-state index is 0.0778. The van der Waals surface area contributed by atoms with Crippen molar-refractivity contribution < 1.29 is 9.53 Å². The number of carbonyl (C=O) groups is 1. The summed E-state index contributed by atoms with van der Waals surface area (Å²) in [6.07, 6.45) is 0. The molecule has 1 heterocycles. The van der Waals surface area contributed by atoms with Crippen LogP contribution in [0.3, 0.4) is 0 Å². The average Bonchev–Trinajstić information content (AvgIpc) is 2.53. The Morgan fingerprint density at radius 2 is 2.14 bits per heavy atom. The van der Waals surface area contributed by atoms with E-state index in [9.17, 15) is 4.79 Å². The summed E-state index contributed by atoms with van der Waals surface area (Å²) in [5, 5.41) is 3.06. The standard InChI is InChI=1S/C16H25N3O2/c1-17-6-7-18(2)16(20)15-5-3-4-14(12-15)13-19-8-10-21-11-9-19/h3-5,12,17H,6-11,13H2,1-2H3. The Hall–Kier alpha value is -1.43. The Balaban J connectivity index is 1.97. The van der Waals surface area contributed by atoms with Crippen LogP contribution in [0.2, 0.25) is 0 Å². The van der Waals surface area contributed by atoms with Crippen molar-refractivity contribution in [3.63, 3.8) is 0 Å². The first-order valence-corrected chi connectivity index (χ1v) is 7.50. The number of likely N-dealkylation sites (N-methyl/N-ethyl adjacent to an activating group) is 2. The van der Waals surface area contributed by atoms with Crippen LogP contribution in [0.4, 0.5) is 0 Å². The van der Waals surface area contributed by atoms with Crippen molar-refractivity contribution in [3.8, 4) is 0 Å². The van der Waals surface area contributed by atoms with E-state index in [-0.39, 0.29) is 5.91 Å². The van der Waals surface area contributed by atoms with Gasteiger partial charge in [0, 0.05) is 45.3 Å². The summed E-state index contributed by atoms with van der Waals surface area (Å²) in [5.74, 6) is 0.0778. The van der Waals surface area contributed by atoms with Gasteiger partial charge in [-0.3, -0.25) is 9.69 Å². The summed E-state index contributed by atoms with van der Waals surface area (Å²) in [6.45, 7) is 5.90. The molecule has 1 aliphatic heterocycles. The van der Waals surface area contributed by atoms with Gasteiger partial charge in [0.05, 0.1) is 13.2 Å². The first kappa shape index (κ1) is 15.9. The zero-order valence-corrected chi connectivity index (χ0v) is 13.0. The van der Waals surface area contributed by atoms with Crippen molar-refractivity contribution in [1.29, 1.82) is 0 Å². The Labute approximate surface area is 126 Å². The molecule has 0 radical (unpaired) electrons. The molecule has 1 N–H and O–H groups in total. The number of morpholine rings is 1. The van der Waals surface area contributed by atoms with E-state index in [0.717, 1.165) is 45.0 Å². The topological polar surface area (TPSA) is 44.8 Å². The fourth-order valence-corrected chi connectivity index (χ4v) is 2.42. The first-order chi connectivity index (χ1) is 10.2. The molecule has 5 nitrogen and oxygen atoms in total. The third-order valence-electron chi connectivity index (χ3n) is 3.73. The largest absolute Gasteiger partial charge is 0.379 e. The van der Waals surface area contributed by atoms with E-state index in [4.69, 9.17) is 4.74 Å². The number of ether oxygens (including phenoxy) is 1. The highest BCUT2D eigenvalue weighted by molar-refractivity contribution is 5.94. The SMILES string of the molecule is CNCCN(C)C(=O)c1cccc(CN2CCOCC2)c1. The van der Waals surface area contributed by atoms with E-state index in [2.05, 4.69) is 16.3 Å². The second kappa shape index (κ2) is 8.12. The zero-order valence-electron chi connectivity index (χ0n) is 13.0. The quantitative estimate of drug-likeness (QED) is 0.842. The highest BCUT2D eigenvalue weighted by Crippen LogP contribution is 2.11. The van der Waals surface area contributed by atoms with Crippen LogP contribution >= 0.6 is 0 Å². The van der Waals surface area contributed by atoms with Crippen molar-refractivity contribution in [1.82, 2.24) is 15.1 Å². The smallest absolute Gasteiger partial charge is 0.253 e. The molecule has 1 fully saturated rings. The number of nitrogens with one attached hydrogen (secondary N) is 1. The van der Waals surface area contributed by atoms with Gasteiger partial charge in [-0.25, -0.2) is 0 Å². The number of benzene rings is 1. The molecule has 1 aromatic rings. The molecule has 1 aliphatic rings. The van der Waals surface area contributed by atoms with Gasteiger partial charge in [-0.15, -0.1) is 0 Å².